The lowest BCUT2D eigenvalue weighted by atomic mass is 9.80. The minimum atomic E-state index is -0.976. The van der Waals surface area contributed by atoms with Crippen LogP contribution in [0.1, 0.15) is 46.7 Å². The van der Waals surface area contributed by atoms with Crippen molar-refractivity contribution in [2.45, 2.75) is 43.8 Å². The van der Waals surface area contributed by atoms with Gasteiger partial charge in [-0.2, -0.15) is 0 Å². The van der Waals surface area contributed by atoms with Crippen LogP contribution >= 0.6 is 23.2 Å². The lowest BCUT2D eigenvalue weighted by Crippen LogP contribution is -2.59. The molecule has 4 rings (SSSR count). The van der Waals surface area contributed by atoms with Crippen LogP contribution in [0.5, 0.6) is 0 Å². The predicted octanol–water partition coefficient (Wildman–Crippen LogP) is 5.34. The van der Waals surface area contributed by atoms with Gasteiger partial charge in [-0.15, -0.1) is 0 Å². The van der Waals surface area contributed by atoms with Crippen LogP contribution in [0.25, 0.3) is 0 Å². The second-order valence-corrected chi connectivity index (χ2v) is 10.3. The molecule has 3 atom stereocenters. The van der Waals surface area contributed by atoms with Crippen LogP contribution < -0.4 is 16.5 Å². The molecule has 0 spiro atoms. The predicted molar refractivity (Wildman–Crippen MR) is 152 cm³/mol. The lowest BCUT2D eigenvalue weighted by molar-refractivity contribution is -0.142. The fourth-order valence-electron chi connectivity index (χ4n) is 4.95. The number of carbonyl (C=O) groups is 2. The molecular weight excluding hydrogens is 523 g/mol. The molecule has 1 heterocycles. The zero-order valence-corrected chi connectivity index (χ0v) is 22.5. The van der Waals surface area contributed by atoms with Crippen molar-refractivity contribution >= 4 is 40.6 Å². The zero-order valence-electron chi connectivity index (χ0n) is 20.9. The molecule has 2 unspecified atom stereocenters. The molecular formula is C29H32Cl2N4O3. The maximum Gasteiger partial charge on any atom is 0.322 e. The number of unbranched alkanes of at least 4 members (excludes halogenated alkanes) is 1. The molecule has 38 heavy (non-hydrogen) atoms. The molecule has 0 aromatic heterocycles. The number of carboxylic acid groups (broad SMARTS) is 1. The molecule has 7 nitrogen and oxygen atoms in total. The average Bonchev–Trinajstić information content (AvgIpc) is 2.91. The van der Waals surface area contributed by atoms with Gasteiger partial charge in [0.25, 0.3) is 0 Å². The van der Waals surface area contributed by atoms with Crippen LogP contribution in [0.15, 0.2) is 72.8 Å². The number of hydrazine groups is 1. The zero-order chi connectivity index (χ0) is 27.1. The number of nitrogens with one attached hydrogen (secondary N) is 2. The van der Waals surface area contributed by atoms with E-state index in [2.05, 4.69) is 10.7 Å². The minimum absolute atomic E-state index is 0.209. The molecule has 0 amide bonds. The number of hydrogen-bond acceptors (Lipinski definition) is 6. The topological polar surface area (TPSA) is 108 Å². The highest BCUT2D eigenvalue weighted by Crippen LogP contribution is 2.36. The van der Waals surface area contributed by atoms with Gasteiger partial charge in [-0.25, -0.2) is 10.4 Å². The van der Waals surface area contributed by atoms with Crippen LogP contribution in [0.4, 0.5) is 5.69 Å². The number of para-hydroxylation sites is 1. The molecule has 1 aliphatic heterocycles. The van der Waals surface area contributed by atoms with Crippen molar-refractivity contribution in [1.82, 2.24) is 10.4 Å². The third kappa shape index (κ3) is 6.73. The van der Waals surface area contributed by atoms with Crippen LogP contribution in [0.3, 0.4) is 0 Å². The highest BCUT2D eigenvalue weighted by molar-refractivity contribution is 6.37. The summed E-state index contributed by atoms with van der Waals surface area (Å²) in [6.45, 7) is 1.30. The van der Waals surface area contributed by atoms with Gasteiger partial charge in [0, 0.05) is 35.3 Å². The quantitative estimate of drug-likeness (QED) is 0.177. The molecule has 0 bridgehead atoms. The number of hydrogen-bond donors (Lipinski definition) is 4. The Hall–Kier alpha value is -2.94. The summed E-state index contributed by atoms with van der Waals surface area (Å²) in [7, 11) is 0. The number of carboxylic acids is 1. The van der Waals surface area contributed by atoms with Crippen molar-refractivity contribution in [2.75, 3.05) is 18.4 Å². The van der Waals surface area contributed by atoms with Crippen molar-refractivity contribution < 1.29 is 14.7 Å². The second-order valence-electron chi connectivity index (χ2n) is 9.42. The molecule has 0 saturated carbocycles. The van der Waals surface area contributed by atoms with E-state index in [0.717, 1.165) is 23.2 Å². The Bertz CT molecular complexity index is 1260. The summed E-state index contributed by atoms with van der Waals surface area (Å²) in [6.07, 6.45) is 1.77. The van der Waals surface area contributed by atoms with Gasteiger partial charge in [0.05, 0.1) is 11.1 Å². The number of fused-ring (bicyclic) bond motifs is 1. The highest BCUT2D eigenvalue weighted by atomic mass is 35.5. The smallest absolute Gasteiger partial charge is 0.322 e. The fraction of sp³-hybridized carbons (Fsp3) is 0.310. The van der Waals surface area contributed by atoms with Gasteiger partial charge in [-0.1, -0.05) is 65.7 Å². The molecule has 0 fully saturated rings. The summed E-state index contributed by atoms with van der Waals surface area (Å²) in [5.41, 5.74) is 12.1. The monoisotopic (exact) mass is 554 g/mol. The Balaban J connectivity index is 1.74. The molecule has 9 heteroatoms. The summed E-state index contributed by atoms with van der Waals surface area (Å²) in [4.78, 5) is 26.4. The first-order valence-electron chi connectivity index (χ1n) is 12.7. The van der Waals surface area contributed by atoms with Crippen molar-refractivity contribution in [3.63, 3.8) is 0 Å². The average molecular weight is 556 g/mol. The standard InChI is InChI=1S/C29H32Cl2N4O3/c30-20-13-14-23(25(31)16-20)28(36)27-24(17-33-21-9-2-1-3-10-21)22-11-5-4-8-19(22)18-35(27)34-26(29(37)38)12-6-7-15-32/h1-5,8-11,13-14,16,24,26-27,33-34H,6-7,12,15,17-18,32H2,(H,37,38)/t24?,26-,27?/m1/s1. The van der Waals surface area contributed by atoms with E-state index in [0.29, 0.717) is 43.1 Å². The molecule has 1 aliphatic rings. The number of aliphatic carboxylic acids is 1. The largest absolute Gasteiger partial charge is 0.480 e. The number of carbonyl (C=O) groups excluding carboxylic acids is 1. The van der Waals surface area contributed by atoms with E-state index >= 15 is 0 Å². The normalized spacial score (nSPS) is 18.0. The summed E-state index contributed by atoms with van der Waals surface area (Å²) in [6, 6.07) is 20.9. The Morgan fingerprint density at radius 3 is 2.47 bits per heavy atom. The third-order valence-electron chi connectivity index (χ3n) is 6.84. The Kier molecular flexibility index (Phi) is 9.77. The maximum absolute atomic E-state index is 14.2. The van der Waals surface area contributed by atoms with Crippen LogP contribution in [-0.2, 0) is 11.3 Å². The SMILES string of the molecule is NCCCC[C@@H](NN1Cc2ccccc2C(CNc2ccccc2)C1C(=O)c1ccc(Cl)cc1Cl)C(=O)O. The molecule has 0 aliphatic carbocycles. The Morgan fingerprint density at radius 1 is 1.03 bits per heavy atom. The highest BCUT2D eigenvalue weighted by Gasteiger charge is 2.42. The van der Waals surface area contributed by atoms with E-state index in [4.69, 9.17) is 28.9 Å². The Morgan fingerprint density at radius 2 is 1.76 bits per heavy atom. The van der Waals surface area contributed by atoms with Gasteiger partial charge in [-0.3, -0.25) is 9.59 Å². The van der Waals surface area contributed by atoms with E-state index in [1.54, 1.807) is 23.2 Å². The number of nitrogens with zero attached hydrogens (tertiary/aromatic N) is 1. The van der Waals surface area contributed by atoms with Gasteiger partial charge in [0.2, 0.25) is 0 Å². The van der Waals surface area contributed by atoms with Crippen LogP contribution in [0.2, 0.25) is 10.0 Å². The van der Waals surface area contributed by atoms with Crippen LogP contribution in [0, 0.1) is 0 Å². The summed E-state index contributed by atoms with van der Waals surface area (Å²) < 4.78 is 0. The van der Waals surface area contributed by atoms with E-state index < -0.39 is 18.1 Å². The van der Waals surface area contributed by atoms with Crippen molar-refractivity contribution in [1.29, 1.82) is 0 Å². The Labute approximate surface area is 232 Å². The summed E-state index contributed by atoms with van der Waals surface area (Å²) in [5, 5.41) is 15.9. The first kappa shape index (κ1) is 28.1. The van der Waals surface area contributed by atoms with Crippen molar-refractivity contribution in [3.05, 3.63) is 99.5 Å². The maximum atomic E-state index is 14.2. The summed E-state index contributed by atoms with van der Waals surface area (Å²) in [5.74, 6) is -1.49. The number of rotatable bonds is 12. The molecule has 0 saturated heterocycles. The fourth-order valence-corrected chi connectivity index (χ4v) is 5.45. The van der Waals surface area contributed by atoms with Gasteiger partial charge in [-0.05, 0) is 67.3 Å². The van der Waals surface area contributed by atoms with Crippen LogP contribution in [-0.4, -0.2) is 47.0 Å². The first-order valence-corrected chi connectivity index (χ1v) is 13.5. The third-order valence-corrected chi connectivity index (χ3v) is 7.39. The van der Waals surface area contributed by atoms with Gasteiger partial charge >= 0.3 is 5.97 Å². The molecule has 0 radical (unpaired) electrons. The number of anilines is 1. The molecule has 5 N–H and O–H groups in total. The van der Waals surface area contributed by atoms with Gasteiger partial charge in [0.15, 0.2) is 5.78 Å². The second kappa shape index (κ2) is 13.2. The lowest BCUT2D eigenvalue weighted by Gasteiger charge is -2.43. The van der Waals surface area contributed by atoms with E-state index in [1.165, 1.54) is 0 Å². The van der Waals surface area contributed by atoms with E-state index in [1.807, 2.05) is 54.6 Å². The molecule has 200 valence electrons. The number of ketones is 1. The van der Waals surface area contributed by atoms with E-state index in [-0.39, 0.29) is 16.7 Å². The van der Waals surface area contributed by atoms with Crippen molar-refractivity contribution in [3.8, 4) is 0 Å². The van der Waals surface area contributed by atoms with Gasteiger partial charge in [0.1, 0.15) is 6.04 Å². The molecule has 3 aromatic rings. The number of benzene rings is 3. The molecule has 3 aromatic carbocycles. The minimum Gasteiger partial charge on any atom is -0.480 e. The first-order chi connectivity index (χ1) is 18.4. The summed E-state index contributed by atoms with van der Waals surface area (Å²) >= 11 is 12.6. The van der Waals surface area contributed by atoms with E-state index in [9.17, 15) is 14.7 Å². The number of nitrogens with two attached hydrogens (primary N) is 1. The number of halogens is 2. The van der Waals surface area contributed by atoms with Crippen molar-refractivity contribution in [2.24, 2.45) is 5.73 Å². The number of Topliss-reactive ketones (excluding diaryl/α,β-unsaturated/α-hetero) is 1. The van der Waals surface area contributed by atoms with Gasteiger partial charge < -0.3 is 16.2 Å².